The molecule has 4 nitrogen and oxygen atoms in total. The molecule has 3 aromatic rings. The number of nitrogens with zero attached hydrogens (tertiary/aromatic N) is 1. The quantitative estimate of drug-likeness (QED) is 0.640. The van der Waals surface area contributed by atoms with E-state index in [-0.39, 0.29) is 11.4 Å². The minimum absolute atomic E-state index is 0.0380. The van der Waals surface area contributed by atoms with Gasteiger partial charge < -0.3 is 10.6 Å². The van der Waals surface area contributed by atoms with Gasteiger partial charge in [-0.1, -0.05) is 51.1 Å². The van der Waals surface area contributed by atoms with Crippen LogP contribution < -0.4 is 10.6 Å². The van der Waals surface area contributed by atoms with E-state index in [2.05, 4.69) is 42.5 Å². The predicted molar refractivity (Wildman–Crippen MR) is 107 cm³/mol. The second kappa shape index (κ2) is 7.40. The molecule has 1 aromatic heterocycles. The van der Waals surface area contributed by atoms with Gasteiger partial charge in [-0.2, -0.15) is 0 Å². The maximum Gasteiger partial charge on any atom is 0.323 e. The van der Waals surface area contributed by atoms with E-state index in [1.165, 1.54) is 5.56 Å². The van der Waals surface area contributed by atoms with Crippen LogP contribution in [0.15, 0.2) is 73.1 Å². The lowest BCUT2D eigenvalue weighted by molar-refractivity contribution is 0.262. The van der Waals surface area contributed by atoms with Gasteiger partial charge >= 0.3 is 6.03 Å². The van der Waals surface area contributed by atoms with Crippen molar-refractivity contribution in [1.82, 2.24) is 4.98 Å². The molecule has 2 amide bonds. The average molecular weight is 345 g/mol. The van der Waals surface area contributed by atoms with E-state index in [9.17, 15) is 4.79 Å². The summed E-state index contributed by atoms with van der Waals surface area (Å²) in [5, 5.41) is 5.75. The summed E-state index contributed by atoms with van der Waals surface area (Å²) in [6, 6.07) is 19.3. The SMILES string of the molecule is CC(C)(C)c1cccc(NC(=O)Nc2ccc(-c3cccnc3)cc2)c1. The molecule has 3 rings (SSSR count). The Labute approximate surface area is 154 Å². The molecular weight excluding hydrogens is 322 g/mol. The standard InChI is InChI=1S/C22H23N3O/c1-22(2,3)18-7-4-8-20(14-18)25-21(26)24-19-11-9-16(10-12-19)17-6-5-13-23-15-17/h4-15H,1-3H3,(H2,24,25,26). The number of carbonyl (C=O) groups excluding carboxylic acids is 1. The lowest BCUT2D eigenvalue weighted by Gasteiger charge is -2.20. The molecular formula is C22H23N3O. The average Bonchev–Trinajstić information content (AvgIpc) is 2.62. The minimum atomic E-state index is -0.259. The van der Waals surface area contributed by atoms with Crippen molar-refractivity contribution in [2.75, 3.05) is 10.6 Å². The third kappa shape index (κ3) is 4.48. The number of pyridine rings is 1. The Hall–Kier alpha value is -3.14. The molecule has 0 radical (unpaired) electrons. The summed E-state index contributed by atoms with van der Waals surface area (Å²) in [5.74, 6) is 0. The number of amides is 2. The highest BCUT2D eigenvalue weighted by atomic mass is 16.2. The van der Waals surface area contributed by atoms with E-state index in [1.54, 1.807) is 6.20 Å². The normalized spacial score (nSPS) is 11.0. The molecule has 0 aliphatic carbocycles. The predicted octanol–water partition coefficient (Wildman–Crippen LogP) is 5.69. The fraction of sp³-hybridized carbons (Fsp3) is 0.182. The van der Waals surface area contributed by atoms with Gasteiger partial charge in [0.05, 0.1) is 0 Å². The lowest BCUT2D eigenvalue weighted by atomic mass is 9.87. The first kappa shape index (κ1) is 17.7. The molecule has 0 unspecified atom stereocenters. The summed E-state index contributed by atoms with van der Waals surface area (Å²) in [4.78, 5) is 16.4. The number of hydrogen-bond acceptors (Lipinski definition) is 2. The molecule has 0 atom stereocenters. The smallest absolute Gasteiger partial charge is 0.308 e. The molecule has 0 fully saturated rings. The van der Waals surface area contributed by atoms with Crippen molar-refractivity contribution in [1.29, 1.82) is 0 Å². The maximum atomic E-state index is 12.3. The number of hydrogen-bond donors (Lipinski definition) is 2. The van der Waals surface area contributed by atoms with Gasteiger partial charge in [0.15, 0.2) is 0 Å². The van der Waals surface area contributed by atoms with Gasteiger partial charge in [-0.05, 0) is 52.4 Å². The van der Waals surface area contributed by atoms with Crippen molar-refractivity contribution in [2.24, 2.45) is 0 Å². The van der Waals surface area contributed by atoms with Crippen molar-refractivity contribution < 1.29 is 4.79 Å². The zero-order valence-corrected chi connectivity index (χ0v) is 15.3. The molecule has 132 valence electrons. The molecule has 2 aromatic carbocycles. The van der Waals surface area contributed by atoms with Crippen LogP contribution in [0.4, 0.5) is 16.2 Å². The first-order valence-corrected chi connectivity index (χ1v) is 8.61. The van der Waals surface area contributed by atoms with E-state index >= 15 is 0 Å². The third-order valence-electron chi connectivity index (χ3n) is 4.12. The van der Waals surface area contributed by atoms with Gasteiger partial charge in [-0.15, -0.1) is 0 Å². The van der Waals surface area contributed by atoms with Crippen LogP contribution in [0.5, 0.6) is 0 Å². The zero-order chi connectivity index (χ0) is 18.6. The molecule has 0 aliphatic heterocycles. The van der Waals surface area contributed by atoms with E-state index in [4.69, 9.17) is 0 Å². The van der Waals surface area contributed by atoms with Crippen LogP contribution >= 0.6 is 0 Å². The van der Waals surface area contributed by atoms with Gasteiger partial charge in [0.25, 0.3) is 0 Å². The van der Waals surface area contributed by atoms with Crippen LogP contribution in [0.25, 0.3) is 11.1 Å². The molecule has 0 saturated carbocycles. The van der Waals surface area contributed by atoms with E-state index < -0.39 is 0 Å². The summed E-state index contributed by atoms with van der Waals surface area (Å²) in [7, 11) is 0. The van der Waals surface area contributed by atoms with E-state index in [1.807, 2.05) is 60.8 Å². The number of aromatic nitrogens is 1. The maximum absolute atomic E-state index is 12.3. The van der Waals surface area contributed by atoms with Crippen LogP contribution in [-0.2, 0) is 5.41 Å². The van der Waals surface area contributed by atoms with Crippen LogP contribution in [-0.4, -0.2) is 11.0 Å². The molecule has 0 bridgehead atoms. The Morgan fingerprint density at radius 3 is 2.23 bits per heavy atom. The highest BCUT2D eigenvalue weighted by Crippen LogP contribution is 2.25. The second-order valence-electron chi connectivity index (χ2n) is 7.23. The van der Waals surface area contributed by atoms with Crippen LogP contribution in [0.1, 0.15) is 26.3 Å². The topological polar surface area (TPSA) is 54.0 Å². The van der Waals surface area contributed by atoms with E-state index in [0.29, 0.717) is 0 Å². The highest BCUT2D eigenvalue weighted by Gasteiger charge is 2.14. The molecule has 0 aliphatic rings. The largest absolute Gasteiger partial charge is 0.323 e. The number of anilines is 2. The van der Waals surface area contributed by atoms with Gasteiger partial charge in [0.2, 0.25) is 0 Å². The summed E-state index contributed by atoms with van der Waals surface area (Å²) in [6.07, 6.45) is 3.57. The summed E-state index contributed by atoms with van der Waals surface area (Å²) in [6.45, 7) is 6.45. The third-order valence-corrected chi connectivity index (χ3v) is 4.12. The highest BCUT2D eigenvalue weighted by molar-refractivity contribution is 5.99. The Morgan fingerprint density at radius 1 is 0.846 bits per heavy atom. The lowest BCUT2D eigenvalue weighted by Crippen LogP contribution is -2.20. The van der Waals surface area contributed by atoms with Crippen molar-refractivity contribution in [3.8, 4) is 11.1 Å². The molecule has 4 heteroatoms. The monoisotopic (exact) mass is 345 g/mol. The van der Waals surface area contributed by atoms with Crippen LogP contribution in [0.2, 0.25) is 0 Å². The zero-order valence-electron chi connectivity index (χ0n) is 15.3. The van der Waals surface area contributed by atoms with Gasteiger partial charge in [0, 0.05) is 23.8 Å². The minimum Gasteiger partial charge on any atom is -0.308 e. The Morgan fingerprint density at radius 2 is 1.58 bits per heavy atom. The summed E-state index contributed by atoms with van der Waals surface area (Å²) < 4.78 is 0. The fourth-order valence-corrected chi connectivity index (χ4v) is 2.64. The Kier molecular flexibility index (Phi) is 5.03. The van der Waals surface area contributed by atoms with E-state index in [0.717, 1.165) is 22.5 Å². The summed E-state index contributed by atoms with van der Waals surface area (Å²) in [5.41, 5.74) is 4.83. The number of benzene rings is 2. The van der Waals surface area contributed by atoms with Gasteiger partial charge in [0.1, 0.15) is 0 Å². The number of rotatable bonds is 3. The molecule has 26 heavy (non-hydrogen) atoms. The van der Waals surface area contributed by atoms with Crippen molar-refractivity contribution in [3.05, 3.63) is 78.6 Å². The number of urea groups is 1. The second-order valence-corrected chi connectivity index (χ2v) is 7.23. The Balaban J connectivity index is 1.65. The van der Waals surface area contributed by atoms with Crippen molar-refractivity contribution in [3.63, 3.8) is 0 Å². The number of nitrogens with one attached hydrogen (secondary N) is 2. The molecule has 2 N–H and O–H groups in total. The van der Waals surface area contributed by atoms with Crippen molar-refractivity contribution >= 4 is 17.4 Å². The summed E-state index contributed by atoms with van der Waals surface area (Å²) >= 11 is 0. The van der Waals surface area contributed by atoms with Crippen LogP contribution in [0, 0.1) is 0 Å². The van der Waals surface area contributed by atoms with Gasteiger partial charge in [-0.25, -0.2) is 4.79 Å². The number of carbonyl (C=O) groups is 1. The molecule has 0 spiro atoms. The molecule has 1 heterocycles. The Bertz CT molecular complexity index is 881. The van der Waals surface area contributed by atoms with Crippen LogP contribution in [0.3, 0.4) is 0 Å². The van der Waals surface area contributed by atoms with Crippen molar-refractivity contribution in [2.45, 2.75) is 26.2 Å². The first-order valence-electron chi connectivity index (χ1n) is 8.61. The first-order chi connectivity index (χ1) is 12.4. The van der Waals surface area contributed by atoms with Gasteiger partial charge in [-0.3, -0.25) is 4.98 Å². The fourth-order valence-electron chi connectivity index (χ4n) is 2.64. The molecule has 0 saturated heterocycles.